The molecule has 2 rings (SSSR count). The van der Waals surface area contributed by atoms with Crippen LogP contribution in [0.3, 0.4) is 0 Å². The van der Waals surface area contributed by atoms with Gasteiger partial charge in [-0.05, 0) is 102 Å². The van der Waals surface area contributed by atoms with E-state index in [0.717, 1.165) is 34.3 Å². The second-order valence-electron chi connectivity index (χ2n) is 15.8. The van der Waals surface area contributed by atoms with Crippen molar-refractivity contribution in [3.8, 4) is 11.8 Å². The van der Waals surface area contributed by atoms with Crippen molar-refractivity contribution in [1.82, 2.24) is 0 Å². The van der Waals surface area contributed by atoms with E-state index in [2.05, 4.69) is 87.4 Å². The summed E-state index contributed by atoms with van der Waals surface area (Å²) in [5.41, 5.74) is -0.844. The third-order valence-electron chi connectivity index (χ3n) is 7.81. The van der Waals surface area contributed by atoms with Crippen LogP contribution in [0.15, 0.2) is 48.5 Å². The summed E-state index contributed by atoms with van der Waals surface area (Å²) in [5, 5.41) is 9.60. The molecule has 48 heavy (non-hydrogen) atoms. The smallest absolute Gasteiger partial charge is 0.415 e. The summed E-state index contributed by atoms with van der Waals surface area (Å²) in [4.78, 5) is 0. The fourth-order valence-corrected chi connectivity index (χ4v) is 6.75. The van der Waals surface area contributed by atoms with Crippen molar-refractivity contribution in [3.63, 3.8) is 0 Å². The van der Waals surface area contributed by atoms with Gasteiger partial charge in [0, 0.05) is 0 Å². The summed E-state index contributed by atoms with van der Waals surface area (Å²) in [6.07, 6.45) is -9.35. The van der Waals surface area contributed by atoms with Crippen LogP contribution in [-0.4, -0.2) is 42.6 Å². The highest BCUT2D eigenvalue weighted by Crippen LogP contribution is 2.43. The molecule has 0 amide bonds. The lowest BCUT2D eigenvalue weighted by atomic mass is 9.84. The zero-order valence-electron chi connectivity index (χ0n) is 30.2. The van der Waals surface area contributed by atoms with Crippen molar-refractivity contribution in [1.29, 1.82) is 0 Å². The van der Waals surface area contributed by atoms with Crippen LogP contribution in [0.25, 0.3) is 5.57 Å². The van der Waals surface area contributed by atoms with Crippen molar-refractivity contribution in [3.05, 3.63) is 76.4 Å². The number of aryl methyl sites for hydroxylation is 2. The largest absolute Gasteiger partial charge is 0.438 e. The van der Waals surface area contributed by atoms with Crippen LogP contribution in [0.4, 0.5) is 26.3 Å². The first-order valence-electron chi connectivity index (χ1n) is 16.2. The Hall–Kier alpha value is -2.37. The van der Waals surface area contributed by atoms with Crippen LogP contribution in [0.1, 0.15) is 110 Å². The van der Waals surface area contributed by atoms with E-state index in [4.69, 9.17) is 8.85 Å². The molecule has 11 heteroatoms. The summed E-state index contributed by atoms with van der Waals surface area (Å²) in [6, 6.07) is 13.8. The zero-order valence-corrected chi connectivity index (χ0v) is 33.0. The molecule has 0 aliphatic carbocycles. The summed E-state index contributed by atoms with van der Waals surface area (Å²) in [5.74, 6) is 2.82. The molecule has 0 unspecified atom stereocenters. The van der Waals surface area contributed by atoms with Gasteiger partial charge in [-0.15, -0.1) is 0 Å². The minimum Gasteiger partial charge on any atom is -0.415 e. The third kappa shape index (κ3) is 11.6. The molecule has 0 heterocycles. The first-order valence-corrected chi connectivity index (χ1v) is 18.8. The second-order valence-corrected chi connectivity index (χ2v) is 21.2. The number of hydrogen-bond acceptors (Lipinski definition) is 3. The molecule has 2 aromatic rings. The fraction of sp³-hybridized carbons (Fsp3) is 0.568. The van der Waals surface area contributed by atoms with Gasteiger partial charge in [-0.2, -0.15) is 26.3 Å². The first-order chi connectivity index (χ1) is 21.6. The van der Waals surface area contributed by atoms with Gasteiger partial charge in [-0.1, -0.05) is 96.9 Å². The van der Waals surface area contributed by atoms with Crippen LogP contribution in [0.5, 0.6) is 0 Å². The second kappa shape index (κ2) is 15.3. The molecular formula is C37H52F6O3Si2. The minimum atomic E-state index is -6.00. The van der Waals surface area contributed by atoms with Gasteiger partial charge in [0.05, 0.1) is 11.2 Å². The molecule has 0 saturated carbocycles. The molecule has 0 fully saturated rings. The standard InChI is InChI=1S/C37H52F6O3Si2/c1-12-27(17-14-22-35(44,36(38,39)40)37(41,42)43)28-16-13-15-25(23-28)18-19-26-20-21-29(33(8,9)45-47-31(2,3)4)30(24-26)34(10,11)46-48-32(5,6)7/h13,15-17,20-21,23-24,44H,12,18-19,47-48H2,1-11H3/b27-17+. The molecule has 0 bridgehead atoms. The molecule has 0 aliphatic rings. The molecule has 268 valence electrons. The summed E-state index contributed by atoms with van der Waals surface area (Å²) in [7, 11) is -1.72. The maximum absolute atomic E-state index is 13.0. The van der Waals surface area contributed by atoms with Crippen LogP contribution < -0.4 is 0 Å². The van der Waals surface area contributed by atoms with E-state index in [1.165, 1.54) is 0 Å². The van der Waals surface area contributed by atoms with Gasteiger partial charge in [0.15, 0.2) is 19.5 Å². The van der Waals surface area contributed by atoms with Crippen LogP contribution in [-0.2, 0) is 32.9 Å². The van der Waals surface area contributed by atoms with Crippen LogP contribution in [0.2, 0.25) is 10.1 Å². The Kier molecular flexibility index (Phi) is 13.3. The van der Waals surface area contributed by atoms with Gasteiger partial charge in [-0.3, -0.25) is 0 Å². The Bertz CT molecular complexity index is 1470. The maximum Gasteiger partial charge on any atom is 0.438 e. The summed E-state index contributed by atoms with van der Waals surface area (Å²) >= 11 is 0. The SMILES string of the molecule is CC/C(=C\C#CC(O)(C(F)(F)F)C(F)(F)F)c1cccc(CCc2ccc(C(C)(C)O[SiH2]C(C)(C)C)c(C(C)(C)O[SiH2]C(C)(C)C)c2)c1. The number of allylic oxidation sites excluding steroid dienone is 2. The number of alkyl halides is 6. The lowest BCUT2D eigenvalue weighted by Gasteiger charge is -2.38. The average molecular weight is 715 g/mol. The topological polar surface area (TPSA) is 38.7 Å². The number of aliphatic hydroxyl groups is 1. The predicted molar refractivity (Wildman–Crippen MR) is 188 cm³/mol. The van der Waals surface area contributed by atoms with Gasteiger partial charge in [-0.25, -0.2) is 0 Å². The Morgan fingerprint density at radius 2 is 1.19 bits per heavy atom. The van der Waals surface area contributed by atoms with E-state index in [1.54, 1.807) is 19.1 Å². The number of halogens is 6. The van der Waals surface area contributed by atoms with Gasteiger partial charge in [0.2, 0.25) is 0 Å². The van der Waals surface area contributed by atoms with E-state index in [-0.39, 0.29) is 10.1 Å². The van der Waals surface area contributed by atoms with E-state index in [0.29, 0.717) is 30.4 Å². The number of benzene rings is 2. The monoisotopic (exact) mass is 714 g/mol. The van der Waals surface area contributed by atoms with Crippen molar-refractivity contribution in [2.75, 3.05) is 0 Å². The van der Waals surface area contributed by atoms with E-state index < -0.39 is 48.7 Å². The van der Waals surface area contributed by atoms with Gasteiger partial charge in [0.25, 0.3) is 0 Å². The highest BCUT2D eigenvalue weighted by Gasteiger charge is 2.70. The summed E-state index contributed by atoms with van der Waals surface area (Å²) in [6.45, 7) is 23.4. The number of rotatable bonds is 11. The Morgan fingerprint density at radius 1 is 0.708 bits per heavy atom. The maximum atomic E-state index is 13.0. The first kappa shape index (κ1) is 41.8. The normalized spacial score (nSPS) is 14.7. The van der Waals surface area contributed by atoms with Crippen LogP contribution >= 0.6 is 0 Å². The molecule has 0 atom stereocenters. The molecule has 0 saturated heterocycles. The molecular weight excluding hydrogens is 663 g/mol. The lowest BCUT2D eigenvalue weighted by Crippen LogP contribution is -2.55. The Balaban J connectivity index is 2.43. The quantitative estimate of drug-likeness (QED) is 0.143. The molecule has 3 nitrogen and oxygen atoms in total. The van der Waals surface area contributed by atoms with E-state index in [1.807, 2.05) is 18.1 Å². The lowest BCUT2D eigenvalue weighted by molar-refractivity contribution is -0.343. The highest BCUT2D eigenvalue weighted by molar-refractivity contribution is 6.32. The molecule has 1 N–H and O–H groups in total. The predicted octanol–water partition coefficient (Wildman–Crippen LogP) is 9.23. The highest BCUT2D eigenvalue weighted by atomic mass is 28.2. The van der Waals surface area contributed by atoms with E-state index >= 15 is 0 Å². The van der Waals surface area contributed by atoms with Gasteiger partial charge < -0.3 is 14.0 Å². The summed E-state index contributed by atoms with van der Waals surface area (Å²) < 4.78 is 91.5. The van der Waals surface area contributed by atoms with E-state index in [9.17, 15) is 31.4 Å². The molecule has 2 aromatic carbocycles. The van der Waals surface area contributed by atoms with Gasteiger partial charge >= 0.3 is 18.0 Å². The Morgan fingerprint density at radius 3 is 1.65 bits per heavy atom. The van der Waals surface area contributed by atoms with Crippen molar-refractivity contribution >= 4 is 25.1 Å². The molecule has 0 spiro atoms. The van der Waals surface area contributed by atoms with Crippen molar-refractivity contribution < 1.29 is 40.3 Å². The molecule has 0 radical (unpaired) electrons. The van der Waals surface area contributed by atoms with Crippen molar-refractivity contribution in [2.45, 2.75) is 135 Å². The minimum absolute atomic E-state index is 0.112. The van der Waals surface area contributed by atoms with Gasteiger partial charge in [0.1, 0.15) is 0 Å². The third-order valence-corrected chi connectivity index (χ3v) is 11.3. The fourth-order valence-electron chi connectivity index (χ4n) is 4.85. The molecule has 0 aromatic heterocycles. The number of hydrogen-bond donors (Lipinski definition) is 1. The zero-order chi connectivity index (χ0) is 37.0. The van der Waals surface area contributed by atoms with Crippen LogP contribution in [0, 0.1) is 11.8 Å². The average Bonchev–Trinajstić information content (AvgIpc) is 2.94. The van der Waals surface area contributed by atoms with Crippen molar-refractivity contribution in [2.24, 2.45) is 0 Å². The molecule has 0 aliphatic heterocycles. The Labute approximate surface area is 287 Å².